The first kappa shape index (κ1) is 20.0. The Hall–Kier alpha value is -1.79. The lowest BCUT2D eigenvalue weighted by molar-refractivity contribution is -0.132. The number of benzene rings is 1. The van der Waals surface area contributed by atoms with Gasteiger partial charge in [0.25, 0.3) is 0 Å². The number of likely N-dealkylation sites (tertiary alicyclic amines) is 1. The summed E-state index contributed by atoms with van der Waals surface area (Å²) in [6.07, 6.45) is 3.07. The van der Waals surface area contributed by atoms with Crippen molar-refractivity contribution in [2.45, 2.75) is 51.4 Å². The van der Waals surface area contributed by atoms with Gasteiger partial charge in [-0.2, -0.15) is 0 Å². The molecule has 0 spiro atoms. The Morgan fingerprint density at radius 1 is 1.15 bits per heavy atom. The van der Waals surface area contributed by atoms with Crippen LogP contribution < -0.4 is 9.47 Å². The summed E-state index contributed by atoms with van der Waals surface area (Å²) in [5.74, 6) is 1.54. The molecule has 27 heavy (non-hydrogen) atoms. The van der Waals surface area contributed by atoms with Crippen LogP contribution in [0.2, 0.25) is 0 Å². The van der Waals surface area contributed by atoms with Crippen LogP contribution in [0.4, 0.5) is 0 Å². The Morgan fingerprint density at radius 3 is 2.52 bits per heavy atom. The number of morpholine rings is 1. The van der Waals surface area contributed by atoms with Gasteiger partial charge in [0.05, 0.1) is 32.8 Å². The molecule has 1 aromatic rings. The predicted molar refractivity (Wildman–Crippen MR) is 104 cm³/mol. The van der Waals surface area contributed by atoms with E-state index in [1.54, 1.807) is 14.2 Å². The molecule has 150 valence electrons. The zero-order chi connectivity index (χ0) is 19.4. The number of carbonyl (C=O) groups excluding carboxylic acids is 1. The summed E-state index contributed by atoms with van der Waals surface area (Å²) in [5, 5.41) is 0. The van der Waals surface area contributed by atoms with Crippen molar-refractivity contribution in [3.63, 3.8) is 0 Å². The van der Waals surface area contributed by atoms with Crippen LogP contribution in [0.25, 0.3) is 0 Å². The Bertz CT molecular complexity index is 641. The number of hydrogen-bond acceptors (Lipinski definition) is 5. The second-order valence-electron chi connectivity index (χ2n) is 7.73. The molecule has 0 aromatic heterocycles. The molecular formula is C21H32N2O4. The molecule has 0 radical (unpaired) electrons. The van der Waals surface area contributed by atoms with Crippen molar-refractivity contribution in [3.05, 3.63) is 23.8 Å². The van der Waals surface area contributed by atoms with Gasteiger partial charge in [-0.15, -0.1) is 0 Å². The smallest absolute Gasteiger partial charge is 0.227 e. The van der Waals surface area contributed by atoms with E-state index in [0.29, 0.717) is 24.0 Å². The highest BCUT2D eigenvalue weighted by Crippen LogP contribution is 2.28. The van der Waals surface area contributed by atoms with Crippen LogP contribution in [0.5, 0.6) is 11.5 Å². The van der Waals surface area contributed by atoms with E-state index in [-0.39, 0.29) is 18.1 Å². The van der Waals surface area contributed by atoms with Gasteiger partial charge in [0.1, 0.15) is 0 Å². The first-order valence-corrected chi connectivity index (χ1v) is 9.88. The second-order valence-corrected chi connectivity index (χ2v) is 7.73. The molecule has 2 aliphatic heterocycles. The highest BCUT2D eigenvalue weighted by Gasteiger charge is 2.32. The van der Waals surface area contributed by atoms with E-state index in [4.69, 9.17) is 14.2 Å². The second kappa shape index (κ2) is 8.93. The fraction of sp³-hybridized carbons (Fsp3) is 0.667. The van der Waals surface area contributed by atoms with E-state index in [0.717, 1.165) is 44.6 Å². The van der Waals surface area contributed by atoms with E-state index >= 15 is 0 Å². The number of hydrogen-bond donors (Lipinski definition) is 0. The summed E-state index contributed by atoms with van der Waals surface area (Å²) in [4.78, 5) is 17.5. The van der Waals surface area contributed by atoms with Crippen LogP contribution in [0.3, 0.4) is 0 Å². The van der Waals surface area contributed by atoms with Crippen LogP contribution in [-0.2, 0) is 16.0 Å². The Morgan fingerprint density at radius 2 is 1.85 bits per heavy atom. The standard InChI is InChI=1S/C21H32N2O4/c1-15-12-22(13-16(2)27-15)14-18-6-5-9-23(18)21(24)11-17-7-8-19(25-3)20(10-17)26-4/h7-8,10,15-16,18H,5-6,9,11-14H2,1-4H3. The van der Waals surface area contributed by atoms with Gasteiger partial charge in [-0.1, -0.05) is 6.07 Å². The molecule has 0 bridgehead atoms. The lowest BCUT2D eigenvalue weighted by Gasteiger charge is -2.38. The zero-order valence-electron chi connectivity index (χ0n) is 16.9. The molecule has 2 aliphatic rings. The van der Waals surface area contributed by atoms with E-state index in [2.05, 4.69) is 23.6 Å². The SMILES string of the molecule is COc1ccc(CC(=O)N2CCCC2CN2CC(C)OC(C)C2)cc1OC. The number of ether oxygens (including phenoxy) is 3. The molecule has 6 nitrogen and oxygen atoms in total. The average Bonchev–Trinajstić information content (AvgIpc) is 3.08. The van der Waals surface area contributed by atoms with Crippen LogP contribution in [0, 0.1) is 0 Å². The molecule has 3 rings (SSSR count). The van der Waals surface area contributed by atoms with Gasteiger partial charge >= 0.3 is 0 Å². The van der Waals surface area contributed by atoms with Crippen molar-refractivity contribution in [1.82, 2.24) is 9.80 Å². The van der Waals surface area contributed by atoms with Crippen molar-refractivity contribution < 1.29 is 19.0 Å². The van der Waals surface area contributed by atoms with Crippen molar-refractivity contribution >= 4 is 5.91 Å². The maximum Gasteiger partial charge on any atom is 0.227 e. The van der Waals surface area contributed by atoms with Crippen LogP contribution in [-0.4, -0.2) is 74.4 Å². The molecule has 3 atom stereocenters. The van der Waals surface area contributed by atoms with Gasteiger partial charge in [0.2, 0.25) is 5.91 Å². The lowest BCUT2D eigenvalue weighted by atomic mass is 10.1. The fourth-order valence-corrected chi connectivity index (χ4v) is 4.35. The van der Waals surface area contributed by atoms with Gasteiger partial charge in [0, 0.05) is 32.2 Å². The molecule has 2 heterocycles. The highest BCUT2D eigenvalue weighted by molar-refractivity contribution is 5.79. The molecule has 0 N–H and O–H groups in total. The van der Waals surface area contributed by atoms with Crippen molar-refractivity contribution in [1.29, 1.82) is 0 Å². The quantitative estimate of drug-likeness (QED) is 0.763. The largest absolute Gasteiger partial charge is 0.493 e. The van der Waals surface area contributed by atoms with Gasteiger partial charge < -0.3 is 19.1 Å². The highest BCUT2D eigenvalue weighted by atomic mass is 16.5. The lowest BCUT2D eigenvalue weighted by Crippen LogP contribution is -2.51. The van der Waals surface area contributed by atoms with Crippen LogP contribution in [0.1, 0.15) is 32.3 Å². The summed E-state index contributed by atoms with van der Waals surface area (Å²) in [7, 11) is 3.23. The molecule has 3 unspecified atom stereocenters. The summed E-state index contributed by atoms with van der Waals surface area (Å²) < 4.78 is 16.5. The minimum atomic E-state index is 0.194. The van der Waals surface area contributed by atoms with Crippen LogP contribution in [0.15, 0.2) is 18.2 Å². The van der Waals surface area contributed by atoms with E-state index in [1.165, 1.54) is 0 Å². The Balaban J connectivity index is 1.62. The van der Waals surface area contributed by atoms with Crippen molar-refractivity contribution in [3.8, 4) is 11.5 Å². The Kier molecular flexibility index (Phi) is 6.60. The number of methoxy groups -OCH3 is 2. The monoisotopic (exact) mass is 376 g/mol. The third-order valence-corrected chi connectivity index (χ3v) is 5.46. The number of nitrogens with zero attached hydrogens (tertiary/aromatic N) is 2. The number of amides is 1. The molecule has 1 aromatic carbocycles. The van der Waals surface area contributed by atoms with Gasteiger partial charge in [-0.05, 0) is 44.4 Å². The molecule has 2 fully saturated rings. The molecule has 0 saturated carbocycles. The molecular weight excluding hydrogens is 344 g/mol. The molecule has 2 saturated heterocycles. The summed E-state index contributed by atoms with van der Waals surface area (Å²) in [6.45, 7) is 7.92. The average molecular weight is 376 g/mol. The van der Waals surface area contributed by atoms with Crippen molar-refractivity contribution in [2.75, 3.05) is 40.4 Å². The normalized spacial score (nSPS) is 26.2. The summed E-state index contributed by atoms with van der Waals surface area (Å²) in [5.41, 5.74) is 0.955. The fourth-order valence-electron chi connectivity index (χ4n) is 4.35. The van der Waals surface area contributed by atoms with Crippen molar-refractivity contribution in [2.24, 2.45) is 0 Å². The van der Waals surface area contributed by atoms with E-state index in [9.17, 15) is 4.79 Å². The maximum absolute atomic E-state index is 13.0. The maximum atomic E-state index is 13.0. The van der Waals surface area contributed by atoms with Crippen LogP contribution >= 0.6 is 0 Å². The first-order valence-electron chi connectivity index (χ1n) is 9.88. The third-order valence-electron chi connectivity index (χ3n) is 5.46. The molecule has 1 amide bonds. The zero-order valence-corrected chi connectivity index (χ0v) is 16.9. The summed E-state index contributed by atoms with van der Waals surface area (Å²) in [6, 6.07) is 6.00. The minimum Gasteiger partial charge on any atom is -0.493 e. The number of carbonyl (C=O) groups is 1. The van der Waals surface area contributed by atoms with Gasteiger partial charge in [-0.3, -0.25) is 9.69 Å². The Labute approximate surface area is 162 Å². The van der Waals surface area contributed by atoms with E-state index < -0.39 is 0 Å². The molecule has 6 heteroatoms. The topological polar surface area (TPSA) is 51.2 Å². The third kappa shape index (κ3) is 4.93. The number of rotatable bonds is 6. The van der Waals surface area contributed by atoms with Gasteiger partial charge in [-0.25, -0.2) is 0 Å². The minimum absolute atomic E-state index is 0.194. The van der Waals surface area contributed by atoms with E-state index in [1.807, 2.05) is 18.2 Å². The predicted octanol–water partition coefficient (Wildman–Crippen LogP) is 2.35. The molecule has 0 aliphatic carbocycles. The van der Waals surface area contributed by atoms with Gasteiger partial charge in [0.15, 0.2) is 11.5 Å². The first-order chi connectivity index (χ1) is 13.0. The summed E-state index contributed by atoms with van der Waals surface area (Å²) >= 11 is 0.